The molecule has 0 fully saturated rings. The van der Waals surface area contributed by atoms with Gasteiger partial charge in [0.1, 0.15) is 0 Å². The van der Waals surface area contributed by atoms with E-state index in [9.17, 15) is 9.67 Å². The Bertz CT molecular complexity index is 990. The molecule has 0 aliphatic heterocycles. The maximum Gasteiger partial charge on any atom is 0.264 e. The molecule has 0 radical (unpaired) electrons. The van der Waals surface area contributed by atoms with Crippen LogP contribution in [0.25, 0.3) is 0 Å². The third-order valence-electron chi connectivity index (χ3n) is 4.57. The highest BCUT2D eigenvalue weighted by molar-refractivity contribution is 7.67. The largest absolute Gasteiger partial charge is 0.378 e. The molecule has 1 N–H and O–H groups in total. The van der Waals surface area contributed by atoms with E-state index in [1.165, 1.54) is 0 Å². The van der Waals surface area contributed by atoms with Crippen LogP contribution in [0.4, 0.5) is 5.69 Å². The van der Waals surface area contributed by atoms with Crippen molar-refractivity contribution in [3.05, 3.63) is 94.0 Å². The van der Waals surface area contributed by atoms with Crippen molar-refractivity contribution in [2.75, 3.05) is 19.0 Å². The molecule has 0 aliphatic rings. The summed E-state index contributed by atoms with van der Waals surface area (Å²) in [5.74, 6) is -1.50. The molecule has 0 heterocycles. The third-order valence-corrected chi connectivity index (χ3v) is 7.66. The van der Waals surface area contributed by atoms with Crippen LogP contribution in [0.15, 0.2) is 72.8 Å². The number of halogens is 2. The molecule has 3 aromatic rings. The van der Waals surface area contributed by atoms with E-state index >= 15 is 0 Å². The van der Waals surface area contributed by atoms with Crippen LogP contribution in [-0.4, -0.2) is 19.2 Å². The zero-order valence-electron chi connectivity index (χ0n) is 16.1. The molecule has 0 saturated carbocycles. The summed E-state index contributed by atoms with van der Waals surface area (Å²) in [6.45, 7) is 0.0761. The molecule has 0 bridgehead atoms. The number of anilines is 1. The fraction of sp³-hybridized carbons (Fsp3) is 0.182. The normalized spacial score (nSPS) is 14.2. The maximum absolute atomic E-state index is 14.1. The molecule has 2 unspecified atom stereocenters. The smallest absolute Gasteiger partial charge is 0.264 e. The Morgan fingerprint density at radius 2 is 1.52 bits per heavy atom. The van der Waals surface area contributed by atoms with Gasteiger partial charge in [0.15, 0.2) is 5.85 Å². The highest BCUT2D eigenvalue weighted by Crippen LogP contribution is 2.60. The van der Waals surface area contributed by atoms with Gasteiger partial charge in [0, 0.05) is 40.7 Å². The molecule has 3 aromatic carbocycles. The number of hydrogen-bond acceptors (Lipinski definition) is 4. The van der Waals surface area contributed by atoms with Crippen LogP contribution >= 0.6 is 30.6 Å². The predicted molar refractivity (Wildman–Crippen MR) is 121 cm³/mol. The molecule has 29 heavy (non-hydrogen) atoms. The zero-order valence-corrected chi connectivity index (χ0v) is 18.5. The Labute approximate surface area is 181 Å². The van der Waals surface area contributed by atoms with E-state index in [-0.39, 0.29) is 22.2 Å². The van der Waals surface area contributed by atoms with Gasteiger partial charge in [0.25, 0.3) is 7.37 Å². The average molecular weight is 450 g/mol. The Morgan fingerprint density at radius 1 is 0.931 bits per heavy atom. The molecule has 2 atom stereocenters. The van der Waals surface area contributed by atoms with E-state index in [4.69, 9.17) is 27.7 Å². The van der Waals surface area contributed by atoms with Gasteiger partial charge < -0.3 is 14.5 Å². The van der Waals surface area contributed by atoms with Gasteiger partial charge in [-0.1, -0.05) is 59.6 Å². The van der Waals surface area contributed by atoms with Gasteiger partial charge in [-0.25, -0.2) is 0 Å². The highest BCUT2D eigenvalue weighted by Gasteiger charge is 2.38. The SMILES string of the molecule is CN(C)c1ccc(P(=O)(OCc2ccccc2)C(O)c2c(Cl)cccc2Cl)cc1. The van der Waals surface area contributed by atoms with Crippen LogP contribution in [0.1, 0.15) is 17.0 Å². The molecule has 0 aromatic heterocycles. The molecule has 4 nitrogen and oxygen atoms in total. The molecule has 0 saturated heterocycles. The third kappa shape index (κ3) is 4.85. The summed E-state index contributed by atoms with van der Waals surface area (Å²) in [4.78, 5) is 1.93. The van der Waals surface area contributed by atoms with Gasteiger partial charge in [-0.2, -0.15) is 0 Å². The van der Waals surface area contributed by atoms with E-state index < -0.39 is 13.2 Å². The van der Waals surface area contributed by atoms with Crippen molar-refractivity contribution in [1.29, 1.82) is 0 Å². The summed E-state index contributed by atoms with van der Waals surface area (Å²) in [5, 5.41) is 12.0. The van der Waals surface area contributed by atoms with Crippen LogP contribution in [0, 0.1) is 0 Å². The Hall–Kier alpha value is -1.81. The number of rotatable bonds is 7. The van der Waals surface area contributed by atoms with Gasteiger partial charge >= 0.3 is 0 Å². The second kappa shape index (κ2) is 9.34. The van der Waals surface area contributed by atoms with Crippen LogP contribution in [0.5, 0.6) is 0 Å². The lowest BCUT2D eigenvalue weighted by atomic mass is 10.2. The number of aliphatic hydroxyl groups excluding tert-OH is 1. The second-order valence-corrected chi connectivity index (χ2v) is 10.0. The van der Waals surface area contributed by atoms with Crippen molar-refractivity contribution in [2.24, 2.45) is 0 Å². The van der Waals surface area contributed by atoms with Crippen LogP contribution in [-0.2, 0) is 15.7 Å². The van der Waals surface area contributed by atoms with Crippen molar-refractivity contribution >= 4 is 41.6 Å². The van der Waals surface area contributed by atoms with Crippen molar-refractivity contribution in [3.8, 4) is 0 Å². The summed E-state index contributed by atoms with van der Waals surface area (Å²) < 4.78 is 20.0. The van der Waals surface area contributed by atoms with Gasteiger partial charge in [0.05, 0.1) is 6.61 Å². The quantitative estimate of drug-likeness (QED) is 0.458. The topological polar surface area (TPSA) is 49.8 Å². The van der Waals surface area contributed by atoms with Crippen molar-refractivity contribution in [3.63, 3.8) is 0 Å². The summed E-state index contributed by atoms with van der Waals surface area (Å²) in [5.41, 5.74) is 1.98. The van der Waals surface area contributed by atoms with Gasteiger partial charge in [0.2, 0.25) is 0 Å². The molecular formula is C22H22Cl2NO3P. The van der Waals surface area contributed by atoms with E-state index in [1.807, 2.05) is 61.5 Å². The number of benzene rings is 3. The summed E-state index contributed by atoms with van der Waals surface area (Å²) in [6, 6.07) is 21.3. The lowest BCUT2D eigenvalue weighted by molar-refractivity contribution is 0.210. The first-order valence-electron chi connectivity index (χ1n) is 9.01. The summed E-state index contributed by atoms with van der Waals surface area (Å²) in [6.07, 6.45) is 0. The van der Waals surface area contributed by atoms with Crippen molar-refractivity contribution < 1.29 is 14.2 Å². The standard InChI is InChI=1S/C22H22Cl2NO3P/c1-25(2)17-11-13-18(14-12-17)29(27,28-15-16-7-4-3-5-8-16)22(26)21-19(23)9-6-10-20(21)24/h3-14,22,26H,15H2,1-2H3. The summed E-state index contributed by atoms with van der Waals surface area (Å²) in [7, 11) is 0.0451. The number of nitrogens with zero attached hydrogens (tertiary/aromatic N) is 1. The number of hydrogen-bond donors (Lipinski definition) is 1. The first-order chi connectivity index (χ1) is 13.8. The lowest BCUT2D eigenvalue weighted by Gasteiger charge is -2.26. The summed E-state index contributed by atoms with van der Waals surface area (Å²) >= 11 is 12.5. The zero-order chi connectivity index (χ0) is 21.0. The fourth-order valence-electron chi connectivity index (χ4n) is 2.92. The van der Waals surface area contributed by atoms with Crippen molar-refractivity contribution in [1.82, 2.24) is 0 Å². The van der Waals surface area contributed by atoms with E-state index in [0.29, 0.717) is 5.30 Å². The van der Waals surface area contributed by atoms with Crippen LogP contribution in [0.3, 0.4) is 0 Å². The minimum Gasteiger partial charge on any atom is -0.378 e. The Morgan fingerprint density at radius 3 is 2.07 bits per heavy atom. The lowest BCUT2D eigenvalue weighted by Crippen LogP contribution is -2.16. The fourth-order valence-corrected chi connectivity index (χ4v) is 5.77. The monoisotopic (exact) mass is 449 g/mol. The van der Waals surface area contributed by atoms with Crippen LogP contribution in [0.2, 0.25) is 10.0 Å². The van der Waals surface area contributed by atoms with Gasteiger partial charge in [-0.15, -0.1) is 0 Å². The highest BCUT2D eigenvalue weighted by atomic mass is 35.5. The average Bonchev–Trinajstić information content (AvgIpc) is 2.72. The van der Waals surface area contributed by atoms with E-state index in [1.54, 1.807) is 30.3 Å². The van der Waals surface area contributed by atoms with Gasteiger partial charge in [-0.05, 0) is 42.0 Å². The molecule has 0 spiro atoms. The van der Waals surface area contributed by atoms with Crippen molar-refractivity contribution in [2.45, 2.75) is 12.5 Å². The molecule has 0 aliphatic carbocycles. The molecular weight excluding hydrogens is 428 g/mol. The predicted octanol–water partition coefficient (Wildman–Crippen LogP) is 5.87. The van der Waals surface area contributed by atoms with Crippen LogP contribution < -0.4 is 10.2 Å². The second-order valence-electron chi connectivity index (χ2n) is 6.78. The Balaban J connectivity index is 2.04. The van der Waals surface area contributed by atoms with E-state index in [0.717, 1.165) is 11.3 Å². The van der Waals surface area contributed by atoms with Gasteiger partial charge in [-0.3, -0.25) is 4.57 Å². The first kappa shape index (κ1) is 21.9. The van der Waals surface area contributed by atoms with E-state index in [2.05, 4.69) is 0 Å². The molecule has 152 valence electrons. The molecule has 3 rings (SSSR count). The number of aliphatic hydroxyl groups is 1. The minimum absolute atomic E-state index is 0.0761. The Kier molecular flexibility index (Phi) is 7.05. The molecule has 7 heteroatoms. The maximum atomic E-state index is 14.1. The molecule has 0 amide bonds. The first-order valence-corrected chi connectivity index (χ1v) is 11.5. The minimum atomic E-state index is -3.79.